The molecule has 1 aliphatic rings. The van der Waals surface area contributed by atoms with Crippen LogP contribution in [-0.4, -0.2) is 43.6 Å². The molecular formula is C17H23N5O. The average Bonchev–Trinajstić information content (AvgIpc) is 2.82. The van der Waals surface area contributed by atoms with Crippen molar-refractivity contribution in [3.05, 3.63) is 41.2 Å². The lowest BCUT2D eigenvalue weighted by Gasteiger charge is -2.32. The molecule has 3 rings (SSSR count). The Kier molecular flexibility index (Phi) is 4.41. The predicted molar refractivity (Wildman–Crippen MR) is 87.0 cm³/mol. The number of likely N-dealkylation sites (tertiary alicyclic amines) is 1. The van der Waals surface area contributed by atoms with E-state index in [1.54, 1.807) is 12.5 Å². The molecule has 1 aliphatic heterocycles. The van der Waals surface area contributed by atoms with Gasteiger partial charge in [0.25, 0.3) is 0 Å². The Morgan fingerprint density at radius 3 is 2.87 bits per heavy atom. The topological polar surface area (TPSA) is 63.9 Å². The maximum absolute atomic E-state index is 12.7. The molecule has 6 heteroatoms. The lowest BCUT2D eigenvalue weighted by Crippen LogP contribution is -2.40. The summed E-state index contributed by atoms with van der Waals surface area (Å²) in [6.45, 7) is 5.56. The van der Waals surface area contributed by atoms with Gasteiger partial charge in [-0.3, -0.25) is 9.48 Å². The lowest BCUT2D eigenvalue weighted by molar-refractivity contribution is -0.131. The average molecular weight is 313 g/mol. The monoisotopic (exact) mass is 313 g/mol. The minimum Gasteiger partial charge on any atom is -0.342 e. The summed E-state index contributed by atoms with van der Waals surface area (Å²) in [7, 11) is 1.92. The number of amides is 1. The minimum atomic E-state index is 0.183. The van der Waals surface area contributed by atoms with Gasteiger partial charge in [-0.1, -0.05) is 0 Å². The highest BCUT2D eigenvalue weighted by molar-refractivity contribution is 5.79. The zero-order valence-electron chi connectivity index (χ0n) is 14.0. The molecule has 2 aromatic heterocycles. The van der Waals surface area contributed by atoms with E-state index in [0.717, 1.165) is 48.6 Å². The fourth-order valence-electron chi connectivity index (χ4n) is 3.32. The zero-order chi connectivity index (χ0) is 16.4. The Bertz CT molecular complexity index is 695. The van der Waals surface area contributed by atoms with Gasteiger partial charge in [-0.25, -0.2) is 9.97 Å². The molecule has 1 amide bonds. The third-order valence-corrected chi connectivity index (χ3v) is 4.78. The zero-order valence-corrected chi connectivity index (χ0v) is 14.0. The Morgan fingerprint density at radius 2 is 2.22 bits per heavy atom. The molecule has 0 saturated carbocycles. The summed E-state index contributed by atoms with van der Waals surface area (Å²) < 4.78 is 1.85. The van der Waals surface area contributed by atoms with Gasteiger partial charge in [-0.2, -0.15) is 5.10 Å². The summed E-state index contributed by atoms with van der Waals surface area (Å²) in [4.78, 5) is 23.0. The number of piperidine rings is 1. The van der Waals surface area contributed by atoms with Gasteiger partial charge in [0.15, 0.2) is 0 Å². The first-order valence-corrected chi connectivity index (χ1v) is 8.09. The fourth-order valence-corrected chi connectivity index (χ4v) is 3.32. The van der Waals surface area contributed by atoms with E-state index in [-0.39, 0.29) is 5.91 Å². The van der Waals surface area contributed by atoms with Crippen LogP contribution in [0.15, 0.2) is 18.6 Å². The molecule has 0 radical (unpaired) electrons. The quantitative estimate of drug-likeness (QED) is 0.866. The van der Waals surface area contributed by atoms with Crippen molar-refractivity contribution in [2.45, 2.75) is 39.0 Å². The van der Waals surface area contributed by atoms with Crippen LogP contribution in [0.4, 0.5) is 0 Å². The molecular weight excluding hydrogens is 290 g/mol. The van der Waals surface area contributed by atoms with Crippen LogP contribution < -0.4 is 0 Å². The number of aryl methyl sites for hydroxylation is 2. The summed E-state index contributed by atoms with van der Waals surface area (Å²) in [5.74, 6) is 0.495. The van der Waals surface area contributed by atoms with Crippen molar-refractivity contribution in [3.63, 3.8) is 0 Å². The third kappa shape index (κ3) is 3.25. The molecule has 1 fully saturated rings. The summed E-state index contributed by atoms with van der Waals surface area (Å²) in [5, 5.41) is 4.40. The first-order valence-electron chi connectivity index (χ1n) is 8.09. The highest BCUT2D eigenvalue weighted by Crippen LogP contribution is 2.26. The van der Waals surface area contributed by atoms with Crippen LogP contribution in [0.1, 0.15) is 41.4 Å². The molecule has 0 aromatic carbocycles. The summed E-state index contributed by atoms with van der Waals surface area (Å²) in [6.07, 6.45) is 5.88. The SMILES string of the molecule is Cc1nn(C)c(C)c1CC(=O)N1CCC[C@@H](c2ccncn2)C1. The predicted octanol–water partition coefficient (Wildman–Crippen LogP) is 1.78. The normalized spacial score (nSPS) is 18.2. The Labute approximate surface area is 136 Å². The maximum Gasteiger partial charge on any atom is 0.227 e. The van der Waals surface area contributed by atoms with E-state index in [9.17, 15) is 4.79 Å². The number of carbonyl (C=O) groups is 1. The van der Waals surface area contributed by atoms with Crippen molar-refractivity contribution in [2.24, 2.45) is 7.05 Å². The molecule has 0 N–H and O–H groups in total. The van der Waals surface area contributed by atoms with Crippen molar-refractivity contribution >= 4 is 5.91 Å². The molecule has 1 saturated heterocycles. The number of hydrogen-bond acceptors (Lipinski definition) is 4. The molecule has 0 unspecified atom stereocenters. The van der Waals surface area contributed by atoms with Gasteiger partial charge in [0.05, 0.1) is 12.1 Å². The second kappa shape index (κ2) is 6.48. The van der Waals surface area contributed by atoms with Crippen molar-refractivity contribution in [3.8, 4) is 0 Å². The molecule has 6 nitrogen and oxygen atoms in total. The van der Waals surface area contributed by atoms with Crippen LogP contribution in [0.2, 0.25) is 0 Å². The van der Waals surface area contributed by atoms with Gasteiger partial charge >= 0.3 is 0 Å². The molecule has 0 spiro atoms. The molecule has 23 heavy (non-hydrogen) atoms. The lowest BCUT2D eigenvalue weighted by atomic mass is 9.94. The molecule has 122 valence electrons. The van der Waals surface area contributed by atoms with E-state index in [1.807, 2.05) is 36.5 Å². The van der Waals surface area contributed by atoms with E-state index < -0.39 is 0 Å². The van der Waals surface area contributed by atoms with Gasteiger partial charge in [-0.05, 0) is 32.8 Å². The standard InChI is InChI=1S/C17H23N5O/c1-12-15(13(2)21(3)20-12)9-17(23)22-8-4-5-14(10-22)16-6-7-18-11-19-16/h6-7,11,14H,4-5,8-10H2,1-3H3/t14-/m1/s1. The second-order valence-electron chi connectivity index (χ2n) is 6.26. The maximum atomic E-state index is 12.7. The van der Waals surface area contributed by atoms with E-state index >= 15 is 0 Å². The summed E-state index contributed by atoms with van der Waals surface area (Å²) >= 11 is 0. The Balaban J connectivity index is 1.70. The van der Waals surface area contributed by atoms with Crippen LogP contribution in [0, 0.1) is 13.8 Å². The number of carbonyl (C=O) groups excluding carboxylic acids is 1. The molecule has 0 aliphatic carbocycles. The third-order valence-electron chi connectivity index (χ3n) is 4.78. The molecule has 1 atom stereocenters. The first-order chi connectivity index (χ1) is 11.1. The highest BCUT2D eigenvalue weighted by atomic mass is 16.2. The second-order valence-corrected chi connectivity index (χ2v) is 6.26. The summed E-state index contributed by atoms with van der Waals surface area (Å²) in [6, 6.07) is 1.95. The van der Waals surface area contributed by atoms with Gasteiger partial charge in [0, 0.05) is 49.2 Å². The largest absolute Gasteiger partial charge is 0.342 e. The summed E-state index contributed by atoms with van der Waals surface area (Å²) in [5.41, 5.74) is 4.11. The Morgan fingerprint density at radius 1 is 1.39 bits per heavy atom. The first kappa shape index (κ1) is 15.6. The number of rotatable bonds is 3. The van der Waals surface area contributed by atoms with Crippen LogP contribution >= 0.6 is 0 Å². The van der Waals surface area contributed by atoms with E-state index in [4.69, 9.17) is 0 Å². The molecule has 2 aromatic rings. The van der Waals surface area contributed by atoms with Crippen LogP contribution in [0.3, 0.4) is 0 Å². The minimum absolute atomic E-state index is 0.183. The highest BCUT2D eigenvalue weighted by Gasteiger charge is 2.26. The van der Waals surface area contributed by atoms with E-state index in [2.05, 4.69) is 15.1 Å². The fraction of sp³-hybridized carbons (Fsp3) is 0.529. The van der Waals surface area contributed by atoms with Crippen molar-refractivity contribution in [1.29, 1.82) is 0 Å². The number of nitrogens with zero attached hydrogens (tertiary/aromatic N) is 5. The Hall–Kier alpha value is -2.24. The van der Waals surface area contributed by atoms with Gasteiger partial charge < -0.3 is 4.90 Å². The molecule has 0 bridgehead atoms. The van der Waals surface area contributed by atoms with Gasteiger partial charge in [-0.15, -0.1) is 0 Å². The molecule has 3 heterocycles. The van der Waals surface area contributed by atoms with Gasteiger partial charge in [0.2, 0.25) is 5.91 Å². The van der Waals surface area contributed by atoms with Crippen LogP contribution in [0.5, 0.6) is 0 Å². The van der Waals surface area contributed by atoms with Crippen molar-refractivity contribution in [1.82, 2.24) is 24.6 Å². The van der Waals surface area contributed by atoms with Crippen molar-refractivity contribution in [2.75, 3.05) is 13.1 Å². The van der Waals surface area contributed by atoms with Gasteiger partial charge in [0.1, 0.15) is 6.33 Å². The van der Waals surface area contributed by atoms with E-state index in [0.29, 0.717) is 12.3 Å². The van der Waals surface area contributed by atoms with Crippen LogP contribution in [-0.2, 0) is 18.3 Å². The number of hydrogen-bond donors (Lipinski definition) is 0. The smallest absolute Gasteiger partial charge is 0.227 e. The van der Waals surface area contributed by atoms with Crippen LogP contribution in [0.25, 0.3) is 0 Å². The number of aromatic nitrogens is 4. The van der Waals surface area contributed by atoms with Crippen molar-refractivity contribution < 1.29 is 4.79 Å². The van der Waals surface area contributed by atoms with E-state index in [1.165, 1.54) is 0 Å².